The average Bonchev–Trinajstić information content (AvgIpc) is 3.29. The van der Waals surface area contributed by atoms with Crippen LogP contribution in [0.2, 0.25) is 0 Å². The molecule has 0 atom stereocenters. The molecule has 1 amide bonds. The number of nitrogens with one attached hydrogen (secondary N) is 1. The Morgan fingerprint density at radius 2 is 2.03 bits per heavy atom. The Bertz CT molecular complexity index is 1250. The molecule has 1 aromatic carbocycles. The molecule has 0 aliphatic carbocycles. The van der Waals surface area contributed by atoms with Crippen molar-refractivity contribution in [3.8, 4) is 0 Å². The van der Waals surface area contributed by atoms with Gasteiger partial charge < -0.3 is 0 Å². The normalized spacial score (nSPS) is 11.4. The van der Waals surface area contributed by atoms with E-state index in [0.29, 0.717) is 22.0 Å². The predicted molar refractivity (Wildman–Crippen MR) is 112 cm³/mol. The summed E-state index contributed by atoms with van der Waals surface area (Å²) in [6.07, 6.45) is 3.53. The van der Waals surface area contributed by atoms with Gasteiger partial charge in [-0.2, -0.15) is 5.10 Å². The van der Waals surface area contributed by atoms with Gasteiger partial charge in [0.15, 0.2) is 10.8 Å². The van der Waals surface area contributed by atoms with Gasteiger partial charge in [0.1, 0.15) is 11.6 Å². The maximum absolute atomic E-state index is 13.9. The third kappa shape index (κ3) is 3.93. The van der Waals surface area contributed by atoms with Crippen LogP contribution in [0.5, 0.6) is 0 Å². The van der Waals surface area contributed by atoms with E-state index in [2.05, 4.69) is 20.4 Å². The first kappa shape index (κ1) is 20.1. The maximum Gasteiger partial charge on any atom is 0.259 e. The highest BCUT2D eigenvalue weighted by molar-refractivity contribution is 7.15. The summed E-state index contributed by atoms with van der Waals surface area (Å²) in [5.41, 5.74) is 2.13. The van der Waals surface area contributed by atoms with E-state index in [1.807, 2.05) is 18.5 Å². The number of benzene rings is 1. The number of carbonyl (C=O) groups excluding carboxylic acids is 1. The van der Waals surface area contributed by atoms with Crippen LogP contribution in [0.25, 0.3) is 11.0 Å². The molecule has 3 aromatic heterocycles. The van der Waals surface area contributed by atoms with Crippen LogP contribution in [0.15, 0.2) is 36.7 Å². The van der Waals surface area contributed by atoms with Crippen LogP contribution in [0, 0.1) is 18.6 Å². The van der Waals surface area contributed by atoms with E-state index in [1.165, 1.54) is 23.5 Å². The van der Waals surface area contributed by atoms with Crippen LogP contribution >= 0.6 is 11.3 Å². The largest absolute Gasteiger partial charge is 0.298 e. The van der Waals surface area contributed by atoms with Gasteiger partial charge in [-0.1, -0.05) is 6.07 Å². The minimum Gasteiger partial charge on any atom is -0.298 e. The number of amides is 1. The van der Waals surface area contributed by atoms with Crippen molar-refractivity contribution >= 4 is 33.4 Å². The lowest BCUT2D eigenvalue weighted by molar-refractivity contribution is 0.102. The molecule has 154 valence electrons. The second-order valence-electron chi connectivity index (χ2n) is 7.22. The Kier molecular flexibility index (Phi) is 5.29. The van der Waals surface area contributed by atoms with Gasteiger partial charge in [0.2, 0.25) is 0 Å². The second kappa shape index (κ2) is 7.91. The molecule has 4 aromatic rings. The Labute approximate surface area is 175 Å². The van der Waals surface area contributed by atoms with Crippen molar-refractivity contribution in [1.82, 2.24) is 19.7 Å². The molecule has 0 aliphatic heterocycles. The minimum absolute atomic E-state index is 0.161. The summed E-state index contributed by atoms with van der Waals surface area (Å²) in [5, 5.41) is 8.29. The van der Waals surface area contributed by atoms with Gasteiger partial charge in [0.25, 0.3) is 5.91 Å². The first-order valence-electron chi connectivity index (χ1n) is 9.36. The van der Waals surface area contributed by atoms with Gasteiger partial charge in [0, 0.05) is 35.0 Å². The smallest absolute Gasteiger partial charge is 0.259 e. The van der Waals surface area contributed by atoms with Crippen molar-refractivity contribution < 1.29 is 13.6 Å². The Hall–Kier alpha value is -3.20. The lowest BCUT2D eigenvalue weighted by Crippen LogP contribution is -2.14. The predicted octanol–water partition coefficient (Wildman–Crippen LogP) is 4.90. The lowest BCUT2D eigenvalue weighted by Gasteiger charge is -2.09. The van der Waals surface area contributed by atoms with E-state index in [1.54, 1.807) is 25.4 Å². The fraction of sp³-hybridized carbons (Fsp3) is 0.238. The fourth-order valence-corrected chi connectivity index (χ4v) is 3.97. The molecule has 0 spiro atoms. The van der Waals surface area contributed by atoms with E-state index in [4.69, 9.17) is 0 Å². The van der Waals surface area contributed by atoms with Crippen molar-refractivity contribution in [2.24, 2.45) is 0 Å². The minimum atomic E-state index is -0.617. The third-order valence-corrected chi connectivity index (χ3v) is 5.56. The van der Waals surface area contributed by atoms with Gasteiger partial charge in [-0.25, -0.2) is 23.4 Å². The van der Waals surface area contributed by atoms with Crippen LogP contribution in [0.4, 0.5) is 13.9 Å². The van der Waals surface area contributed by atoms with Crippen LogP contribution in [0.3, 0.4) is 0 Å². The summed E-state index contributed by atoms with van der Waals surface area (Å²) in [6.45, 7) is 5.81. The summed E-state index contributed by atoms with van der Waals surface area (Å²) in [4.78, 5) is 22.3. The Morgan fingerprint density at radius 1 is 1.23 bits per heavy atom. The molecular weight excluding hydrogens is 408 g/mol. The molecule has 0 unspecified atom stereocenters. The highest BCUT2D eigenvalue weighted by Crippen LogP contribution is 2.24. The van der Waals surface area contributed by atoms with Crippen molar-refractivity contribution in [1.29, 1.82) is 0 Å². The van der Waals surface area contributed by atoms with E-state index in [9.17, 15) is 13.6 Å². The summed E-state index contributed by atoms with van der Waals surface area (Å²) in [5.74, 6) is -1.55. The number of carbonyl (C=O) groups is 1. The van der Waals surface area contributed by atoms with Crippen molar-refractivity contribution in [3.63, 3.8) is 0 Å². The quantitative estimate of drug-likeness (QED) is 0.492. The fourth-order valence-electron chi connectivity index (χ4n) is 3.14. The number of nitrogens with zero attached hydrogens (tertiary/aromatic N) is 4. The number of rotatable bonds is 5. The standard InChI is InChI=1S/C21H19F2N5OS/c1-11(2)28-19-14(9-25-28)7-17(12(3)26-19)20(29)27-21-24-10-16(30-21)6-13-4-5-15(22)8-18(13)23/h4-5,7-11H,6H2,1-3H3,(H,24,27,29). The molecule has 30 heavy (non-hydrogen) atoms. The van der Waals surface area contributed by atoms with E-state index >= 15 is 0 Å². The zero-order valence-electron chi connectivity index (χ0n) is 16.6. The Morgan fingerprint density at radius 3 is 2.77 bits per heavy atom. The summed E-state index contributed by atoms with van der Waals surface area (Å²) in [7, 11) is 0. The highest BCUT2D eigenvalue weighted by atomic mass is 32.1. The number of fused-ring (bicyclic) bond motifs is 1. The highest BCUT2D eigenvalue weighted by Gasteiger charge is 2.17. The first-order valence-corrected chi connectivity index (χ1v) is 10.2. The van der Waals surface area contributed by atoms with E-state index in [-0.39, 0.29) is 18.4 Å². The monoisotopic (exact) mass is 427 g/mol. The number of halogens is 2. The number of pyridine rings is 1. The van der Waals surface area contributed by atoms with Crippen LogP contribution in [-0.4, -0.2) is 25.7 Å². The summed E-state index contributed by atoms with van der Waals surface area (Å²) < 4.78 is 28.7. The molecule has 0 saturated carbocycles. The number of anilines is 1. The van der Waals surface area contributed by atoms with Crippen molar-refractivity contribution in [2.75, 3.05) is 5.32 Å². The molecule has 0 radical (unpaired) electrons. The summed E-state index contributed by atoms with van der Waals surface area (Å²) >= 11 is 1.24. The molecule has 0 saturated heterocycles. The van der Waals surface area contributed by atoms with Gasteiger partial charge >= 0.3 is 0 Å². The summed E-state index contributed by atoms with van der Waals surface area (Å²) in [6, 6.07) is 5.40. The van der Waals surface area contributed by atoms with Gasteiger partial charge in [-0.05, 0) is 38.5 Å². The molecule has 6 nitrogen and oxygen atoms in total. The molecule has 4 rings (SSSR count). The molecule has 3 heterocycles. The molecule has 0 bridgehead atoms. The van der Waals surface area contributed by atoms with E-state index < -0.39 is 11.6 Å². The second-order valence-corrected chi connectivity index (χ2v) is 8.33. The molecule has 0 aliphatic rings. The molecule has 1 N–H and O–H groups in total. The maximum atomic E-state index is 13.9. The van der Waals surface area contributed by atoms with Crippen LogP contribution < -0.4 is 5.32 Å². The number of aryl methyl sites for hydroxylation is 1. The van der Waals surface area contributed by atoms with Crippen LogP contribution in [0.1, 0.15) is 46.4 Å². The Balaban J connectivity index is 1.52. The SMILES string of the molecule is Cc1nc2c(cnn2C(C)C)cc1C(=O)Nc1ncc(Cc2ccc(F)cc2F)s1. The zero-order valence-corrected chi connectivity index (χ0v) is 17.4. The number of aromatic nitrogens is 4. The third-order valence-electron chi connectivity index (χ3n) is 4.65. The number of hydrogen-bond donors (Lipinski definition) is 1. The van der Waals surface area contributed by atoms with Gasteiger partial charge in [-0.15, -0.1) is 11.3 Å². The number of hydrogen-bond acceptors (Lipinski definition) is 5. The zero-order chi connectivity index (χ0) is 21.4. The average molecular weight is 427 g/mol. The van der Waals surface area contributed by atoms with Gasteiger partial charge in [-0.3, -0.25) is 10.1 Å². The van der Waals surface area contributed by atoms with Crippen molar-refractivity contribution in [2.45, 2.75) is 33.2 Å². The molecule has 0 fully saturated rings. The van der Waals surface area contributed by atoms with Gasteiger partial charge in [0.05, 0.1) is 17.5 Å². The lowest BCUT2D eigenvalue weighted by atomic mass is 10.1. The van der Waals surface area contributed by atoms with Crippen LogP contribution in [-0.2, 0) is 6.42 Å². The molecule has 9 heteroatoms. The van der Waals surface area contributed by atoms with E-state index in [0.717, 1.165) is 22.0 Å². The topological polar surface area (TPSA) is 72.7 Å². The first-order chi connectivity index (χ1) is 14.3. The molecular formula is C21H19F2N5OS. The van der Waals surface area contributed by atoms with Crippen molar-refractivity contribution in [3.05, 3.63) is 70.0 Å². The number of thiazole rings is 1.